The molecule has 0 bridgehead atoms. The summed E-state index contributed by atoms with van der Waals surface area (Å²) in [6.07, 6.45) is 0.817. The zero-order valence-electron chi connectivity index (χ0n) is 13.0. The number of rotatable bonds is 3. The lowest BCUT2D eigenvalue weighted by Crippen LogP contribution is -2.47. The quantitative estimate of drug-likeness (QED) is 0.938. The highest BCUT2D eigenvalue weighted by molar-refractivity contribution is 5.94. The largest absolute Gasteiger partial charge is 0.486 e. The van der Waals surface area contributed by atoms with Gasteiger partial charge >= 0.3 is 6.03 Å². The normalized spacial score (nSPS) is 16.4. The molecular weight excluding hydrogens is 295 g/mol. The molecule has 3 rings (SSSR count). The Kier molecular flexibility index (Phi) is 4.46. The molecule has 2 amide bonds. The Bertz CT molecular complexity index is 688. The number of para-hydroxylation sites is 2. The second kappa shape index (κ2) is 6.69. The fraction of sp³-hybridized carbons (Fsp3) is 0.278. The summed E-state index contributed by atoms with van der Waals surface area (Å²) < 4.78 is 18.8. The van der Waals surface area contributed by atoms with Crippen molar-refractivity contribution in [3.05, 3.63) is 59.9 Å². The van der Waals surface area contributed by atoms with Crippen LogP contribution >= 0.6 is 0 Å². The van der Waals surface area contributed by atoms with E-state index in [1.54, 1.807) is 17.0 Å². The van der Waals surface area contributed by atoms with Crippen LogP contribution in [0.1, 0.15) is 18.9 Å². The number of hydrogen-bond donors (Lipinski definition) is 1. The number of nitrogens with one attached hydrogen (secondary N) is 1. The van der Waals surface area contributed by atoms with Crippen LogP contribution in [0.5, 0.6) is 5.75 Å². The molecule has 4 nitrogen and oxygen atoms in total. The fourth-order valence-electron chi connectivity index (χ4n) is 2.58. The van der Waals surface area contributed by atoms with Crippen LogP contribution in [0.3, 0.4) is 0 Å². The van der Waals surface area contributed by atoms with E-state index in [1.807, 2.05) is 31.2 Å². The van der Waals surface area contributed by atoms with Crippen LogP contribution in [0.25, 0.3) is 0 Å². The van der Waals surface area contributed by atoms with Gasteiger partial charge in [-0.05, 0) is 36.2 Å². The Labute approximate surface area is 134 Å². The third-order valence-electron chi connectivity index (χ3n) is 3.89. The molecule has 0 saturated heterocycles. The number of ether oxygens (including phenoxy) is 1. The number of benzene rings is 2. The summed E-state index contributed by atoms with van der Waals surface area (Å²) in [4.78, 5) is 14.3. The highest BCUT2D eigenvalue weighted by Crippen LogP contribution is 2.33. The molecule has 0 aromatic heterocycles. The zero-order valence-corrected chi connectivity index (χ0v) is 13.0. The number of anilines is 1. The second-order valence-corrected chi connectivity index (χ2v) is 5.51. The van der Waals surface area contributed by atoms with Crippen LogP contribution in [0.4, 0.5) is 14.9 Å². The number of carbonyl (C=O) groups is 1. The molecule has 1 atom stereocenters. The van der Waals surface area contributed by atoms with Crippen molar-refractivity contribution in [2.45, 2.75) is 26.0 Å². The first kappa shape index (κ1) is 15.3. The van der Waals surface area contributed by atoms with Crippen molar-refractivity contribution < 1.29 is 13.9 Å². The lowest BCUT2D eigenvalue weighted by molar-refractivity contribution is 0.186. The summed E-state index contributed by atoms with van der Waals surface area (Å²) >= 11 is 0. The molecule has 23 heavy (non-hydrogen) atoms. The Balaban J connectivity index is 1.72. The standard InChI is InChI=1S/C18H19FN2O2/c1-2-15-12-21(16-5-3-4-6-17(16)23-15)18(22)20-11-13-7-9-14(19)10-8-13/h3-10,15H,2,11-12H2,1H3,(H,20,22)/t15-/m0/s1. The van der Waals surface area contributed by atoms with Crippen LogP contribution in [0.15, 0.2) is 48.5 Å². The molecule has 0 fully saturated rings. The van der Waals surface area contributed by atoms with Gasteiger partial charge in [-0.2, -0.15) is 0 Å². The molecule has 0 saturated carbocycles. The van der Waals surface area contributed by atoms with E-state index in [-0.39, 0.29) is 18.0 Å². The molecule has 1 aliphatic heterocycles. The fourth-order valence-corrected chi connectivity index (χ4v) is 2.58. The van der Waals surface area contributed by atoms with Crippen molar-refractivity contribution in [3.8, 4) is 5.75 Å². The minimum absolute atomic E-state index is 0.0125. The summed E-state index contributed by atoms with van der Waals surface area (Å²) in [5, 5.41) is 2.88. The van der Waals surface area contributed by atoms with Crippen molar-refractivity contribution in [1.82, 2.24) is 5.32 Å². The lowest BCUT2D eigenvalue weighted by Gasteiger charge is -2.34. The third-order valence-corrected chi connectivity index (χ3v) is 3.89. The number of halogens is 1. The van der Waals surface area contributed by atoms with E-state index in [0.717, 1.165) is 23.4 Å². The summed E-state index contributed by atoms with van der Waals surface area (Å²) in [5.74, 6) is 0.440. The topological polar surface area (TPSA) is 41.6 Å². The van der Waals surface area contributed by atoms with Gasteiger partial charge in [-0.25, -0.2) is 9.18 Å². The molecule has 0 aliphatic carbocycles. The number of urea groups is 1. The molecule has 2 aromatic carbocycles. The van der Waals surface area contributed by atoms with E-state index < -0.39 is 0 Å². The van der Waals surface area contributed by atoms with Crippen molar-refractivity contribution in [3.63, 3.8) is 0 Å². The summed E-state index contributed by atoms with van der Waals surface area (Å²) in [6.45, 7) is 2.91. The molecule has 120 valence electrons. The molecule has 5 heteroatoms. The number of amides is 2. The molecular formula is C18H19FN2O2. The molecule has 0 spiro atoms. The predicted molar refractivity (Wildman–Crippen MR) is 87.1 cm³/mol. The van der Waals surface area contributed by atoms with E-state index in [2.05, 4.69) is 5.32 Å². The van der Waals surface area contributed by atoms with E-state index in [0.29, 0.717) is 13.1 Å². The van der Waals surface area contributed by atoms with Crippen molar-refractivity contribution in [1.29, 1.82) is 0 Å². The highest BCUT2D eigenvalue weighted by atomic mass is 19.1. The molecule has 0 unspecified atom stereocenters. The SMILES string of the molecule is CC[C@H]1CN(C(=O)NCc2ccc(F)cc2)c2ccccc2O1. The summed E-state index contributed by atoms with van der Waals surface area (Å²) in [6, 6.07) is 13.5. The minimum atomic E-state index is -0.284. The average Bonchev–Trinajstić information content (AvgIpc) is 2.60. The monoisotopic (exact) mass is 314 g/mol. The third kappa shape index (κ3) is 3.44. The van der Waals surface area contributed by atoms with Gasteiger partial charge in [0.2, 0.25) is 0 Å². The minimum Gasteiger partial charge on any atom is -0.486 e. The van der Waals surface area contributed by atoms with Gasteiger partial charge in [0.05, 0.1) is 12.2 Å². The van der Waals surface area contributed by atoms with Crippen LogP contribution in [0, 0.1) is 5.82 Å². The van der Waals surface area contributed by atoms with Gasteiger partial charge in [0.15, 0.2) is 0 Å². The number of carbonyl (C=O) groups excluding carboxylic acids is 1. The molecule has 1 heterocycles. The molecule has 1 aliphatic rings. The maximum atomic E-state index is 12.9. The van der Waals surface area contributed by atoms with Crippen molar-refractivity contribution in [2.24, 2.45) is 0 Å². The molecule has 2 aromatic rings. The Morgan fingerprint density at radius 3 is 2.74 bits per heavy atom. The Morgan fingerprint density at radius 1 is 1.26 bits per heavy atom. The van der Waals surface area contributed by atoms with E-state index in [4.69, 9.17) is 4.74 Å². The first-order valence-corrected chi connectivity index (χ1v) is 7.73. The number of fused-ring (bicyclic) bond motifs is 1. The van der Waals surface area contributed by atoms with Gasteiger partial charge < -0.3 is 10.1 Å². The average molecular weight is 314 g/mol. The summed E-state index contributed by atoms with van der Waals surface area (Å²) in [5.41, 5.74) is 1.63. The number of hydrogen-bond acceptors (Lipinski definition) is 2. The van der Waals surface area contributed by atoms with Crippen LogP contribution in [0.2, 0.25) is 0 Å². The van der Waals surface area contributed by atoms with Gasteiger partial charge in [0.1, 0.15) is 17.7 Å². The first-order valence-electron chi connectivity index (χ1n) is 7.73. The van der Waals surface area contributed by atoms with Gasteiger partial charge in [-0.1, -0.05) is 31.2 Å². The zero-order chi connectivity index (χ0) is 16.2. The van der Waals surface area contributed by atoms with E-state index >= 15 is 0 Å². The Hall–Kier alpha value is -2.56. The number of nitrogens with zero attached hydrogens (tertiary/aromatic N) is 1. The predicted octanol–water partition coefficient (Wildman–Crippen LogP) is 3.71. The second-order valence-electron chi connectivity index (χ2n) is 5.51. The van der Waals surface area contributed by atoms with Crippen LogP contribution < -0.4 is 15.0 Å². The van der Waals surface area contributed by atoms with Gasteiger partial charge in [0, 0.05) is 6.54 Å². The van der Waals surface area contributed by atoms with Gasteiger partial charge in [0.25, 0.3) is 0 Å². The lowest BCUT2D eigenvalue weighted by atomic mass is 10.1. The van der Waals surface area contributed by atoms with Gasteiger partial charge in [-0.15, -0.1) is 0 Å². The molecule has 1 N–H and O–H groups in total. The smallest absolute Gasteiger partial charge is 0.322 e. The first-order chi connectivity index (χ1) is 11.2. The Morgan fingerprint density at radius 2 is 2.00 bits per heavy atom. The van der Waals surface area contributed by atoms with Crippen molar-refractivity contribution >= 4 is 11.7 Å². The van der Waals surface area contributed by atoms with Crippen LogP contribution in [-0.2, 0) is 6.54 Å². The van der Waals surface area contributed by atoms with Crippen molar-refractivity contribution in [2.75, 3.05) is 11.4 Å². The van der Waals surface area contributed by atoms with Gasteiger partial charge in [-0.3, -0.25) is 4.90 Å². The highest BCUT2D eigenvalue weighted by Gasteiger charge is 2.28. The maximum absolute atomic E-state index is 12.9. The van der Waals surface area contributed by atoms with E-state index in [9.17, 15) is 9.18 Å². The van der Waals surface area contributed by atoms with E-state index in [1.165, 1.54) is 12.1 Å². The summed E-state index contributed by atoms with van der Waals surface area (Å²) in [7, 11) is 0. The van der Waals surface area contributed by atoms with Crippen LogP contribution in [-0.4, -0.2) is 18.7 Å². The maximum Gasteiger partial charge on any atom is 0.322 e. The molecule has 0 radical (unpaired) electrons.